The Morgan fingerprint density at radius 1 is 1.00 bits per heavy atom. The molecule has 0 bridgehead atoms. The highest BCUT2D eigenvalue weighted by Gasteiger charge is 2.25. The van der Waals surface area contributed by atoms with E-state index in [2.05, 4.69) is 22.0 Å². The Balaban J connectivity index is 2.11. The van der Waals surface area contributed by atoms with E-state index in [4.69, 9.17) is 0 Å². The number of ketones is 1. The third-order valence-corrected chi connectivity index (χ3v) is 4.55. The zero-order valence-electron chi connectivity index (χ0n) is 10.2. The van der Waals surface area contributed by atoms with Gasteiger partial charge in [-0.1, -0.05) is 53.0 Å². The molecule has 1 aliphatic rings. The van der Waals surface area contributed by atoms with Crippen LogP contribution in [0, 0.1) is 5.92 Å². The fourth-order valence-corrected chi connectivity index (χ4v) is 3.36. The summed E-state index contributed by atoms with van der Waals surface area (Å²) < 4.78 is 1.06. The van der Waals surface area contributed by atoms with Crippen LogP contribution < -0.4 is 0 Å². The molecular formula is C16H15BrO. The van der Waals surface area contributed by atoms with E-state index < -0.39 is 0 Å². The minimum Gasteiger partial charge on any atom is -0.294 e. The highest BCUT2D eigenvalue weighted by atomic mass is 79.9. The van der Waals surface area contributed by atoms with Gasteiger partial charge in [-0.2, -0.15) is 0 Å². The maximum atomic E-state index is 12.6. The third kappa shape index (κ3) is 1.99. The molecule has 2 heteroatoms. The van der Waals surface area contributed by atoms with Crippen LogP contribution in [0.15, 0.2) is 40.9 Å². The molecule has 0 saturated heterocycles. The van der Waals surface area contributed by atoms with Crippen molar-refractivity contribution in [3.05, 3.63) is 46.4 Å². The van der Waals surface area contributed by atoms with Gasteiger partial charge < -0.3 is 0 Å². The number of benzene rings is 2. The van der Waals surface area contributed by atoms with Crippen LogP contribution in [0.5, 0.6) is 0 Å². The normalized spacial score (nSPS) is 16.3. The second-order valence-electron chi connectivity index (χ2n) is 4.99. The van der Waals surface area contributed by atoms with Crippen LogP contribution in [0.1, 0.15) is 36.0 Å². The molecule has 0 unspecified atom stereocenters. The van der Waals surface area contributed by atoms with Crippen LogP contribution in [0.4, 0.5) is 0 Å². The van der Waals surface area contributed by atoms with E-state index in [9.17, 15) is 4.79 Å². The number of halogens is 1. The van der Waals surface area contributed by atoms with Crippen molar-refractivity contribution in [2.45, 2.75) is 25.7 Å². The van der Waals surface area contributed by atoms with Gasteiger partial charge in [0, 0.05) is 16.0 Å². The summed E-state index contributed by atoms with van der Waals surface area (Å²) in [5.41, 5.74) is 0.890. The van der Waals surface area contributed by atoms with E-state index in [0.29, 0.717) is 5.78 Å². The number of carbonyl (C=O) groups is 1. The van der Waals surface area contributed by atoms with Gasteiger partial charge in [-0.15, -0.1) is 0 Å². The Hall–Kier alpha value is -1.15. The summed E-state index contributed by atoms with van der Waals surface area (Å²) in [7, 11) is 0. The Morgan fingerprint density at radius 2 is 1.67 bits per heavy atom. The maximum Gasteiger partial charge on any atom is 0.166 e. The molecule has 1 nitrogen and oxygen atoms in total. The van der Waals surface area contributed by atoms with Crippen LogP contribution in [0.25, 0.3) is 10.8 Å². The molecule has 0 N–H and O–H groups in total. The highest BCUT2D eigenvalue weighted by molar-refractivity contribution is 9.10. The zero-order valence-corrected chi connectivity index (χ0v) is 11.7. The van der Waals surface area contributed by atoms with Crippen molar-refractivity contribution in [2.24, 2.45) is 5.92 Å². The van der Waals surface area contributed by atoms with E-state index in [-0.39, 0.29) is 5.92 Å². The summed E-state index contributed by atoms with van der Waals surface area (Å²) >= 11 is 3.55. The molecule has 0 aliphatic heterocycles. The van der Waals surface area contributed by atoms with Crippen LogP contribution in [0.2, 0.25) is 0 Å². The van der Waals surface area contributed by atoms with Gasteiger partial charge in [0.25, 0.3) is 0 Å². The minimum atomic E-state index is 0.245. The summed E-state index contributed by atoms with van der Waals surface area (Å²) in [5.74, 6) is 0.575. The average Bonchev–Trinajstić information content (AvgIpc) is 2.93. The van der Waals surface area contributed by atoms with Crippen LogP contribution in [0.3, 0.4) is 0 Å². The molecule has 0 aromatic heterocycles. The third-order valence-electron chi connectivity index (χ3n) is 3.86. The Bertz CT molecular complexity index is 597. The number of hydrogen-bond acceptors (Lipinski definition) is 1. The van der Waals surface area contributed by atoms with Crippen LogP contribution in [-0.2, 0) is 0 Å². The lowest BCUT2D eigenvalue weighted by atomic mass is 9.92. The summed E-state index contributed by atoms with van der Waals surface area (Å²) in [6.07, 6.45) is 4.52. The molecule has 1 aliphatic carbocycles. The fourth-order valence-electron chi connectivity index (χ4n) is 2.89. The van der Waals surface area contributed by atoms with Gasteiger partial charge in [0.1, 0.15) is 0 Å². The van der Waals surface area contributed by atoms with Gasteiger partial charge in [0.2, 0.25) is 0 Å². The second kappa shape index (κ2) is 4.85. The summed E-state index contributed by atoms with van der Waals surface area (Å²) in [6, 6.07) is 12.1. The SMILES string of the molecule is O=C(c1ccc(Br)c2ccccc12)C1CCCC1. The molecule has 92 valence electrons. The summed E-state index contributed by atoms with van der Waals surface area (Å²) in [5, 5.41) is 2.20. The topological polar surface area (TPSA) is 17.1 Å². The highest BCUT2D eigenvalue weighted by Crippen LogP contribution is 2.32. The first-order valence-electron chi connectivity index (χ1n) is 6.49. The van der Waals surface area contributed by atoms with Crippen molar-refractivity contribution in [1.29, 1.82) is 0 Å². The van der Waals surface area contributed by atoms with Gasteiger partial charge in [-0.05, 0) is 35.7 Å². The van der Waals surface area contributed by atoms with Gasteiger partial charge in [0.05, 0.1) is 0 Å². The first-order chi connectivity index (χ1) is 8.77. The molecule has 2 aromatic carbocycles. The Kier molecular flexibility index (Phi) is 3.21. The Labute approximate surface area is 115 Å². The minimum absolute atomic E-state index is 0.245. The quantitative estimate of drug-likeness (QED) is 0.715. The molecule has 2 aromatic rings. The molecule has 0 heterocycles. The van der Waals surface area contributed by atoms with Crippen molar-refractivity contribution >= 4 is 32.5 Å². The van der Waals surface area contributed by atoms with Crippen LogP contribution in [-0.4, -0.2) is 5.78 Å². The van der Waals surface area contributed by atoms with Gasteiger partial charge in [-0.25, -0.2) is 0 Å². The summed E-state index contributed by atoms with van der Waals surface area (Å²) in [4.78, 5) is 12.6. The molecule has 0 amide bonds. The van der Waals surface area contributed by atoms with Crippen molar-refractivity contribution in [1.82, 2.24) is 0 Å². The predicted molar refractivity (Wildman–Crippen MR) is 77.9 cm³/mol. The predicted octanol–water partition coefficient (Wildman–Crippen LogP) is 4.98. The molecule has 0 radical (unpaired) electrons. The van der Waals surface area contributed by atoms with Crippen molar-refractivity contribution in [2.75, 3.05) is 0 Å². The number of fused-ring (bicyclic) bond motifs is 1. The average molecular weight is 303 g/mol. The first kappa shape index (κ1) is 11.9. The van der Waals surface area contributed by atoms with Crippen molar-refractivity contribution < 1.29 is 4.79 Å². The fraction of sp³-hybridized carbons (Fsp3) is 0.312. The van der Waals surface area contributed by atoms with E-state index in [1.165, 1.54) is 12.8 Å². The molecule has 1 fully saturated rings. The largest absolute Gasteiger partial charge is 0.294 e. The monoisotopic (exact) mass is 302 g/mol. The smallest absolute Gasteiger partial charge is 0.166 e. The molecule has 1 saturated carbocycles. The number of carbonyl (C=O) groups excluding carboxylic acids is 1. The lowest BCUT2D eigenvalue weighted by molar-refractivity contribution is 0.0924. The maximum absolute atomic E-state index is 12.6. The second-order valence-corrected chi connectivity index (χ2v) is 5.84. The number of hydrogen-bond donors (Lipinski definition) is 0. The van der Waals surface area contributed by atoms with E-state index >= 15 is 0 Å². The summed E-state index contributed by atoms with van der Waals surface area (Å²) in [6.45, 7) is 0. The van der Waals surface area contributed by atoms with Crippen molar-refractivity contribution in [3.63, 3.8) is 0 Å². The van der Waals surface area contributed by atoms with Gasteiger partial charge in [0.15, 0.2) is 5.78 Å². The molecular weight excluding hydrogens is 288 g/mol. The molecule has 3 rings (SSSR count). The van der Waals surface area contributed by atoms with E-state index in [1.54, 1.807) is 0 Å². The zero-order chi connectivity index (χ0) is 12.5. The van der Waals surface area contributed by atoms with E-state index in [0.717, 1.165) is 33.7 Å². The first-order valence-corrected chi connectivity index (χ1v) is 7.28. The van der Waals surface area contributed by atoms with Crippen LogP contribution >= 0.6 is 15.9 Å². The van der Waals surface area contributed by atoms with Gasteiger partial charge in [-0.3, -0.25) is 4.79 Å². The van der Waals surface area contributed by atoms with E-state index in [1.807, 2.05) is 30.3 Å². The molecule has 0 atom stereocenters. The lowest BCUT2D eigenvalue weighted by Crippen LogP contribution is -2.11. The molecule has 0 spiro atoms. The lowest BCUT2D eigenvalue weighted by Gasteiger charge is -2.11. The number of rotatable bonds is 2. The Morgan fingerprint density at radius 3 is 2.39 bits per heavy atom. The molecule has 18 heavy (non-hydrogen) atoms. The standard InChI is InChI=1S/C16H15BrO/c17-15-10-9-14(12-7-3-4-8-13(12)15)16(18)11-5-1-2-6-11/h3-4,7-11H,1-2,5-6H2. The van der Waals surface area contributed by atoms with Gasteiger partial charge >= 0.3 is 0 Å². The number of Topliss-reactive ketones (excluding diaryl/α,β-unsaturated/α-hetero) is 1. The van der Waals surface area contributed by atoms with Crippen molar-refractivity contribution in [3.8, 4) is 0 Å².